The summed E-state index contributed by atoms with van der Waals surface area (Å²) in [5, 5.41) is 3.17. The third-order valence-corrected chi connectivity index (χ3v) is 11.2. The predicted molar refractivity (Wildman–Crippen MR) is 138 cm³/mol. The Hall–Kier alpha value is -2.72. The van der Waals surface area contributed by atoms with Crippen LogP contribution in [0.5, 0.6) is 5.75 Å². The summed E-state index contributed by atoms with van der Waals surface area (Å²) in [5.74, 6) is 3.29. The first-order valence-electron chi connectivity index (χ1n) is 13.4. The number of benzene rings is 1. The lowest BCUT2D eigenvalue weighted by molar-refractivity contribution is -0.140. The minimum Gasteiger partial charge on any atom is -0.490 e. The van der Waals surface area contributed by atoms with Crippen LogP contribution in [0.25, 0.3) is 0 Å². The van der Waals surface area contributed by atoms with Gasteiger partial charge in [0.2, 0.25) is 15.9 Å². The standard InChI is InChI=1S/C27H33N5O4S/c1-31-6-7-36-24-11-20(2-3-23(24)31)37(34,35)32-5-4-21-22(15-32)28-16-29-25(21)30-26(33)27-12-17-8-18(13-27)10-19(9-17)14-27/h2-3,11,16-19H,4-10,12-15H2,1H3,(H,28,29,30,33). The second-order valence-electron chi connectivity index (χ2n) is 11.8. The number of nitrogens with zero attached hydrogens (tertiary/aromatic N) is 4. The molecule has 9 nitrogen and oxygen atoms in total. The highest BCUT2D eigenvalue weighted by Crippen LogP contribution is 2.60. The summed E-state index contributed by atoms with van der Waals surface area (Å²) in [4.78, 5) is 24.7. The summed E-state index contributed by atoms with van der Waals surface area (Å²) in [5.41, 5.74) is 2.13. The summed E-state index contributed by atoms with van der Waals surface area (Å²) in [6.45, 7) is 1.75. The lowest BCUT2D eigenvalue weighted by Crippen LogP contribution is -2.52. The summed E-state index contributed by atoms with van der Waals surface area (Å²) in [7, 11) is -1.77. The SMILES string of the molecule is CN1CCOc2cc(S(=O)(=O)N3CCc4c(ncnc4NC(=O)C45CC6CC(CC(C6)C4)C5)C3)ccc21. The molecule has 4 bridgehead atoms. The van der Waals surface area contributed by atoms with Crippen molar-refractivity contribution >= 4 is 27.4 Å². The smallest absolute Gasteiger partial charge is 0.243 e. The van der Waals surface area contributed by atoms with E-state index >= 15 is 0 Å². The zero-order chi connectivity index (χ0) is 25.4. The van der Waals surface area contributed by atoms with Crippen molar-refractivity contribution in [1.29, 1.82) is 0 Å². The molecule has 1 aromatic heterocycles. The number of carbonyl (C=O) groups is 1. The Bertz CT molecular complexity index is 1340. The topological polar surface area (TPSA) is 105 Å². The maximum Gasteiger partial charge on any atom is 0.243 e. The quantitative estimate of drug-likeness (QED) is 0.656. The van der Waals surface area contributed by atoms with Crippen molar-refractivity contribution in [1.82, 2.24) is 14.3 Å². The molecule has 2 aliphatic heterocycles. The van der Waals surface area contributed by atoms with Gasteiger partial charge in [-0.15, -0.1) is 0 Å². The molecule has 2 aromatic rings. The van der Waals surface area contributed by atoms with E-state index in [0.717, 1.165) is 37.1 Å². The first-order valence-corrected chi connectivity index (χ1v) is 14.9. The summed E-state index contributed by atoms with van der Waals surface area (Å²) >= 11 is 0. The Kier molecular flexibility index (Phi) is 5.31. The van der Waals surface area contributed by atoms with Gasteiger partial charge in [0.25, 0.3) is 0 Å². The van der Waals surface area contributed by atoms with E-state index in [0.29, 0.717) is 54.6 Å². The number of likely N-dealkylation sites (N-methyl/N-ethyl adjacent to an activating group) is 1. The first kappa shape index (κ1) is 23.4. The molecule has 0 radical (unpaired) electrons. The fraction of sp³-hybridized carbons (Fsp3) is 0.593. The van der Waals surface area contributed by atoms with Crippen LogP contribution in [0.4, 0.5) is 11.5 Å². The maximum atomic E-state index is 13.6. The van der Waals surface area contributed by atoms with Crippen LogP contribution in [0.3, 0.4) is 0 Å². The molecule has 1 N–H and O–H groups in total. The van der Waals surface area contributed by atoms with Gasteiger partial charge in [-0.25, -0.2) is 18.4 Å². The van der Waals surface area contributed by atoms with Crippen LogP contribution in [-0.2, 0) is 27.8 Å². The van der Waals surface area contributed by atoms with E-state index in [1.807, 2.05) is 7.05 Å². The van der Waals surface area contributed by atoms with Gasteiger partial charge in [0.05, 0.1) is 34.8 Å². The molecule has 3 heterocycles. The number of aromatic nitrogens is 2. The van der Waals surface area contributed by atoms with E-state index in [1.165, 1.54) is 29.9 Å². The van der Waals surface area contributed by atoms with Crippen molar-refractivity contribution in [3.8, 4) is 5.75 Å². The number of sulfonamides is 1. The van der Waals surface area contributed by atoms with Crippen LogP contribution in [0.2, 0.25) is 0 Å². The molecule has 4 aliphatic carbocycles. The average Bonchev–Trinajstić information content (AvgIpc) is 2.88. The molecule has 10 heteroatoms. The van der Waals surface area contributed by atoms with Gasteiger partial charge in [0.1, 0.15) is 24.5 Å². The largest absolute Gasteiger partial charge is 0.490 e. The fourth-order valence-electron chi connectivity index (χ4n) is 7.92. The minimum absolute atomic E-state index is 0.0987. The van der Waals surface area contributed by atoms with Gasteiger partial charge in [-0.1, -0.05) is 0 Å². The molecule has 0 spiro atoms. The second kappa shape index (κ2) is 8.39. The fourth-order valence-corrected chi connectivity index (χ4v) is 9.34. The molecule has 0 atom stereocenters. The summed E-state index contributed by atoms with van der Waals surface area (Å²) in [6, 6.07) is 5.07. The van der Waals surface area contributed by atoms with E-state index in [-0.39, 0.29) is 22.8 Å². The van der Waals surface area contributed by atoms with Gasteiger partial charge in [-0.3, -0.25) is 4.79 Å². The molecule has 0 saturated heterocycles. The van der Waals surface area contributed by atoms with Crippen molar-refractivity contribution in [2.45, 2.75) is 56.4 Å². The van der Waals surface area contributed by atoms with E-state index in [2.05, 4.69) is 20.2 Å². The highest BCUT2D eigenvalue weighted by molar-refractivity contribution is 7.89. The number of carbonyl (C=O) groups excluding carboxylic acids is 1. The molecular weight excluding hydrogens is 490 g/mol. The highest BCUT2D eigenvalue weighted by Gasteiger charge is 2.54. The molecular formula is C27H33N5O4S. The van der Waals surface area contributed by atoms with Crippen molar-refractivity contribution in [3.05, 3.63) is 35.8 Å². The zero-order valence-corrected chi connectivity index (χ0v) is 22.0. The number of rotatable bonds is 4. The molecule has 8 rings (SSSR count). The van der Waals surface area contributed by atoms with Gasteiger partial charge in [0.15, 0.2) is 0 Å². The Morgan fingerprint density at radius 2 is 1.81 bits per heavy atom. The number of anilines is 2. The lowest BCUT2D eigenvalue weighted by Gasteiger charge is -2.55. The van der Waals surface area contributed by atoms with Crippen molar-refractivity contribution in [2.75, 3.05) is 37.0 Å². The monoisotopic (exact) mass is 523 g/mol. The Balaban J connectivity index is 1.11. The first-order chi connectivity index (χ1) is 17.8. The highest BCUT2D eigenvalue weighted by atomic mass is 32.2. The van der Waals surface area contributed by atoms with Gasteiger partial charge in [0, 0.05) is 25.2 Å². The number of amides is 1. The Morgan fingerprint density at radius 3 is 2.54 bits per heavy atom. The summed E-state index contributed by atoms with van der Waals surface area (Å²) in [6.07, 6.45) is 8.72. The zero-order valence-electron chi connectivity index (χ0n) is 21.1. The molecule has 4 saturated carbocycles. The summed E-state index contributed by atoms with van der Waals surface area (Å²) < 4.78 is 34.2. The normalized spacial score (nSPS) is 30.4. The predicted octanol–water partition coefficient (Wildman–Crippen LogP) is 3.21. The lowest BCUT2D eigenvalue weighted by atomic mass is 9.49. The van der Waals surface area contributed by atoms with Crippen LogP contribution in [0, 0.1) is 23.2 Å². The third-order valence-electron chi connectivity index (χ3n) is 9.39. The molecule has 4 fully saturated rings. The number of ether oxygens (including phenoxy) is 1. The van der Waals surface area contributed by atoms with E-state index in [4.69, 9.17) is 4.74 Å². The number of hydrogen-bond donors (Lipinski definition) is 1. The maximum absolute atomic E-state index is 13.6. The number of fused-ring (bicyclic) bond motifs is 2. The average molecular weight is 524 g/mol. The Morgan fingerprint density at radius 1 is 1.08 bits per heavy atom. The van der Waals surface area contributed by atoms with Crippen molar-refractivity contribution in [3.63, 3.8) is 0 Å². The van der Waals surface area contributed by atoms with Gasteiger partial charge < -0.3 is 15.0 Å². The molecule has 1 amide bonds. The molecule has 196 valence electrons. The van der Waals surface area contributed by atoms with Gasteiger partial charge in [-0.05, 0) is 74.8 Å². The van der Waals surface area contributed by atoms with Gasteiger partial charge in [-0.2, -0.15) is 4.31 Å². The molecule has 1 aromatic carbocycles. The van der Waals surface area contributed by atoms with Crippen molar-refractivity contribution in [2.24, 2.45) is 23.2 Å². The van der Waals surface area contributed by atoms with Crippen LogP contribution in [0.15, 0.2) is 29.4 Å². The van der Waals surface area contributed by atoms with Crippen LogP contribution < -0.4 is 15.0 Å². The van der Waals surface area contributed by atoms with E-state index < -0.39 is 10.0 Å². The number of hydrogen-bond acceptors (Lipinski definition) is 7. The molecule has 6 aliphatic rings. The van der Waals surface area contributed by atoms with Gasteiger partial charge >= 0.3 is 0 Å². The molecule has 37 heavy (non-hydrogen) atoms. The Labute approximate surface area is 217 Å². The van der Waals surface area contributed by atoms with E-state index in [9.17, 15) is 13.2 Å². The molecule has 0 unspecified atom stereocenters. The van der Waals surface area contributed by atoms with Crippen LogP contribution in [0.1, 0.15) is 49.8 Å². The van der Waals surface area contributed by atoms with Crippen LogP contribution >= 0.6 is 0 Å². The second-order valence-corrected chi connectivity index (χ2v) is 13.7. The van der Waals surface area contributed by atoms with Crippen LogP contribution in [-0.4, -0.2) is 55.3 Å². The third kappa shape index (κ3) is 3.82. The minimum atomic E-state index is -3.74. The van der Waals surface area contributed by atoms with Crippen molar-refractivity contribution < 1.29 is 17.9 Å². The number of nitrogens with one attached hydrogen (secondary N) is 1. The van der Waals surface area contributed by atoms with E-state index in [1.54, 1.807) is 18.2 Å².